The second-order valence-corrected chi connectivity index (χ2v) is 10.4. The van der Waals surface area contributed by atoms with Gasteiger partial charge < -0.3 is 9.80 Å². The molecule has 0 radical (unpaired) electrons. The molecular weight excluding hydrogens is 493 g/mol. The molecule has 0 aromatic heterocycles. The van der Waals surface area contributed by atoms with Crippen molar-refractivity contribution in [2.24, 2.45) is 11.3 Å². The third-order valence-electron chi connectivity index (χ3n) is 7.54. The van der Waals surface area contributed by atoms with Crippen LogP contribution in [0.25, 0.3) is 0 Å². The summed E-state index contributed by atoms with van der Waals surface area (Å²) in [5.41, 5.74) is -0.898. The maximum atomic E-state index is 15.4. The molecule has 2 amide bonds. The molecule has 0 unspecified atom stereocenters. The summed E-state index contributed by atoms with van der Waals surface area (Å²) in [5, 5.41) is 0.321. The molecule has 0 aliphatic carbocycles. The van der Waals surface area contributed by atoms with Crippen LogP contribution in [-0.4, -0.2) is 83.9 Å². The maximum absolute atomic E-state index is 15.4. The van der Waals surface area contributed by atoms with Gasteiger partial charge in [-0.3, -0.25) is 14.5 Å². The van der Waals surface area contributed by atoms with Gasteiger partial charge >= 0.3 is 6.18 Å². The number of hydrogen-bond donors (Lipinski definition) is 0. The number of nitrogens with zero attached hydrogens (tertiary/aromatic N) is 3. The number of rotatable bonds is 4. The molecule has 3 saturated heterocycles. The molecule has 3 heterocycles. The zero-order valence-electron chi connectivity index (χ0n) is 19.2. The van der Waals surface area contributed by atoms with Crippen LogP contribution in [0, 0.1) is 11.3 Å². The van der Waals surface area contributed by atoms with E-state index in [1.54, 1.807) is 31.2 Å². The highest BCUT2D eigenvalue weighted by Gasteiger charge is 2.65. The van der Waals surface area contributed by atoms with Gasteiger partial charge in [0.25, 0.3) is 5.92 Å². The molecule has 3 aliphatic heterocycles. The van der Waals surface area contributed by atoms with Crippen molar-refractivity contribution in [1.82, 2.24) is 14.7 Å². The Hall–Kier alpha value is -2.20. The summed E-state index contributed by atoms with van der Waals surface area (Å²) in [4.78, 5) is 28.9. The molecule has 35 heavy (non-hydrogen) atoms. The molecule has 3 aliphatic rings. The van der Waals surface area contributed by atoms with Gasteiger partial charge in [-0.1, -0.05) is 36.4 Å². The quantitative estimate of drug-likeness (QED) is 0.443. The van der Waals surface area contributed by atoms with Crippen LogP contribution < -0.4 is 0 Å². The fraction of sp³-hybridized carbons (Fsp3) is 0.583. The number of carbonyl (C=O) groups excluding carboxylic acids is 2. The first-order valence-corrected chi connectivity index (χ1v) is 11.8. The monoisotopic (exact) mass is 519 g/mol. The van der Waals surface area contributed by atoms with Crippen molar-refractivity contribution in [3.63, 3.8) is 0 Å². The van der Waals surface area contributed by atoms with Crippen molar-refractivity contribution >= 4 is 23.4 Å². The molecule has 1 aromatic carbocycles. The second kappa shape index (κ2) is 9.03. The van der Waals surface area contributed by atoms with Gasteiger partial charge in [-0.25, -0.2) is 8.78 Å². The van der Waals surface area contributed by atoms with Gasteiger partial charge in [0.15, 0.2) is 0 Å². The van der Waals surface area contributed by atoms with E-state index >= 15 is 8.78 Å². The van der Waals surface area contributed by atoms with E-state index < -0.39 is 60.3 Å². The Morgan fingerprint density at radius 3 is 2.43 bits per heavy atom. The average molecular weight is 520 g/mol. The molecule has 0 saturated carbocycles. The van der Waals surface area contributed by atoms with Crippen LogP contribution in [0.5, 0.6) is 0 Å². The number of amides is 2. The Morgan fingerprint density at radius 1 is 1.17 bits per heavy atom. The molecule has 5 nitrogen and oxygen atoms in total. The number of benzene rings is 1. The topological polar surface area (TPSA) is 43.9 Å². The van der Waals surface area contributed by atoms with E-state index in [0.29, 0.717) is 10.6 Å². The van der Waals surface area contributed by atoms with Crippen LogP contribution in [0.1, 0.15) is 24.8 Å². The lowest BCUT2D eigenvalue weighted by molar-refractivity contribution is -0.232. The van der Waals surface area contributed by atoms with E-state index in [1.807, 2.05) is 0 Å². The Bertz CT molecular complexity index is 1010. The minimum atomic E-state index is -4.46. The van der Waals surface area contributed by atoms with Crippen LogP contribution in [0.4, 0.5) is 22.0 Å². The lowest BCUT2D eigenvalue weighted by atomic mass is 9.66. The number of piperidine rings is 1. The highest BCUT2D eigenvalue weighted by Crippen LogP contribution is 2.52. The summed E-state index contributed by atoms with van der Waals surface area (Å²) < 4.78 is 70.1. The van der Waals surface area contributed by atoms with Crippen LogP contribution in [-0.2, 0) is 9.59 Å². The van der Waals surface area contributed by atoms with Crippen molar-refractivity contribution in [2.45, 2.75) is 37.4 Å². The van der Waals surface area contributed by atoms with E-state index in [9.17, 15) is 22.8 Å². The first-order valence-electron chi connectivity index (χ1n) is 11.4. The predicted octanol–water partition coefficient (Wildman–Crippen LogP) is 4.19. The van der Waals surface area contributed by atoms with Gasteiger partial charge in [0.05, 0.1) is 24.4 Å². The molecule has 1 aromatic rings. The van der Waals surface area contributed by atoms with Crippen LogP contribution in [0.3, 0.4) is 0 Å². The number of likely N-dealkylation sites (tertiary alicyclic amines) is 3. The molecule has 1 spiro atoms. The fourth-order valence-electron chi connectivity index (χ4n) is 5.81. The Morgan fingerprint density at radius 2 is 1.83 bits per heavy atom. The first kappa shape index (κ1) is 25.9. The van der Waals surface area contributed by atoms with Crippen LogP contribution in [0.15, 0.2) is 36.9 Å². The standard InChI is InChI=1S/C24H27ClF5N3O2/c1-3-20(34)32-11-22(12-32)8-15(2)33(13-23(22,26)27)21(35)18-10-31(14-24(28,29)30)9-17(18)16-6-4-5-7-19(16)25/h3-7,15,17-18H,1,8-14H2,2H3/t15-,17+,18+/m1/s1. The van der Waals surface area contributed by atoms with Crippen molar-refractivity contribution in [3.05, 3.63) is 47.5 Å². The molecular formula is C24H27ClF5N3O2. The lowest BCUT2D eigenvalue weighted by Crippen LogP contribution is -2.73. The maximum Gasteiger partial charge on any atom is 0.401 e. The summed E-state index contributed by atoms with van der Waals surface area (Å²) in [6.07, 6.45) is -3.39. The summed E-state index contributed by atoms with van der Waals surface area (Å²) in [6, 6.07) is 6.05. The van der Waals surface area contributed by atoms with Gasteiger partial charge in [-0.15, -0.1) is 0 Å². The summed E-state index contributed by atoms with van der Waals surface area (Å²) in [7, 11) is 0. The highest BCUT2D eigenvalue weighted by atomic mass is 35.5. The minimum absolute atomic E-state index is 0.0115. The molecule has 0 N–H and O–H groups in total. The lowest BCUT2D eigenvalue weighted by Gasteiger charge is -2.59. The summed E-state index contributed by atoms with van der Waals surface area (Å²) in [5.74, 6) is -5.86. The Labute approximate surface area is 205 Å². The van der Waals surface area contributed by atoms with E-state index in [-0.39, 0.29) is 32.6 Å². The molecule has 0 bridgehead atoms. The average Bonchev–Trinajstić information content (AvgIpc) is 3.14. The fourth-order valence-corrected chi connectivity index (χ4v) is 6.09. The molecule has 3 atom stereocenters. The van der Waals surface area contributed by atoms with Crippen molar-refractivity contribution in [1.29, 1.82) is 0 Å². The van der Waals surface area contributed by atoms with Crippen LogP contribution in [0.2, 0.25) is 5.02 Å². The highest BCUT2D eigenvalue weighted by molar-refractivity contribution is 6.31. The van der Waals surface area contributed by atoms with Gasteiger partial charge in [-0.2, -0.15) is 13.2 Å². The van der Waals surface area contributed by atoms with E-state index in [0.717, 1.165) is 15.9 Å². The summed E-state index contributed by atoms with van der Waals surface area (Å²) >= 11 is 6.30. The van der Waals surface area contributed by atoms with Gasteiger partial charge in [0.2, 0.25) is 11.8 Å². The van der Waals surface area contributed by atoms with E-state index in [2.05, 4.69) is 6.58 Å². The minimum Gasteiger partial charge on any atom is -0.337 e. The normalized spacial score (nSPS) is 28.1. The number of hydrogen-bond acceptors (Lipinski definition) is 3. The second-order valence-electron chi connectivity index (χ2n) is 9.95. The molecule has 3 fully saturated rings. The Balaban J connectivity index is 1.56. The first-order chi connectivity index (χ1) is 16.3. The van der Waals surface area contributed by atoms with E-state index in [1.165, 1.54) is 4.90 Å². The molecule has 192 valence electrons. The number of alkyl halides is 5. The molecule has 11 heteroatoms. The zero-order chi connectivity index (χ0) is 25.8. The third-order valence-corrected chi connectivity index (χ3v) is 7.88. The Kier molecular flexibility index (Phi) is 6.68. The third kappa shape index (κ3) is 4.79. The van der Waals surface area contributed by atoms with Crippen LogP contribution >= 0.6 is 11.6 Å². The van der Waals surface area contributed by atoms with Gasteiger partial charge in [0, 0.05) is 43.2 Å². The van der Waals surface area contributed by atoms with Crippen molar-refractivity contribution in [2.75, 3.05) is 39.3 Å². The SMILES string of the molecule is C=CC(=O)N1CC2(C[C@@H](C)N(C(=O)[C@H]3CN(CC(F)(F)F)C[C@H]3c3ccccc3Cl)CC2(F)F)C1. The smallest absolute Gasteiger partial charge is 0.337 e. The number of halogens is 6. The van der Waals surface area contributed by atoms with Gasteiger partial charge in [-0.05, 0) is 31.1 Å². The molecule has 4 rings (SSSR count). The van der Waals surface area contributed by atoms with Crippen molar-refractivity contribution < 1.29 is 31.5 Å². The summed E-state index contributed by atoms with van der Waals surface area (Å²) in [6.45, 7) is 2.51. The number of carbonyl (C=O) groups is 2. The van der Waals surface area contributed by atoms with Crippen molar-refractivity contribution in [3.8, 4) is 0 Å². The predicted molar refractivity (Wildman–Crippen MR) is 120 cm³/mol. The van der Waals surface area contributed by atoms with Gasteiger partial charge in [0.1, 0.15) is 0 Å². The zero-order valence-corrected chi connectivity index (χ0v) is 20.0. The van der Waals surface area contributed by atoms with E-state index in [4.69, 9.17) is 11.6 Å². The largest absolute Gasteiger partial charge is 0.401 e.